The predicted molar refractivity (Wildman–Crippen MR) is 92.9 cm³/mol. The first-order valence-corrected chi connectivity index (χ1v) is 7.87. The van der Waals surface area contributed by atoms with Gasteiger partial charge in [0.25, 0.3) is 0 Å². The Bertz CT molecular complexity index is 861. The van der Waals surface area contributed by atoms with Crippen molar-refractivity contribution in [2.75, 3.05) is 11.4 Å². The highest BCUT2D eigenvalue weighted by Gasteiger charge is 2.24. The smallest absolute Gasteiger partial charge is 0.177 e. The number of aromatic nitrogens is 3. The van der Waals surface area contributed by atoms with E-state index in [1.807, 2.05) is 32.0 Å². The van der Waals surface area contributed by atoms with E-state index in [1.165, 1.54) is 11.9 Å². The highest BCUT2D eigenvalue weighted by molar-refractivity contribution is 6.31. The molecular weight excluding hydrogens is 314 g/mol. The zero-order valence-corrected chi connectivity index (χ0v) is 13.6. The summed E-state index contributed by atoms with van der Waals surface area (Å²) in [5.41, 5.74) is 3.65. The average Bonchev–Trinajstić information content (AvgIpc) is 3.19. The molecule has 6 nitrogen and oxygen atoms in total. The number of nitrogens with zero attached hydrogens (tertiary/aromatic N) is 4. The fourth-order valence-corrected chi connectivity index (χ4v) is 2.90. The molecule has 7 heteroatoms. The number of nitroso groups, excluding NO2 is 1. The molecule has 3 aromatic rings. The molecule has 0 fully saturated rings. The van der Waals surface area contributed by atoms with E-state index in [-0.39, 0.29) is 5.82 Å². The maximum atomic E-state index is 10.7. The van der Waals surface area contributed by atoms with Gasteiger partial charge in [0.2, 0.25) is 0 Å². The van der Waals surface area contributed by atoms with Crippen LogP contribution in [0.1, 0.15) is 19.4 Å². The van der Waals surface area contributed by atoms with Crippen LogP contribution in [0.5, 0.6) is 0 Å². The van der Waals surface area contributed by atoms with Crippen LogP contribution in [0.2, 0.25) is 5.02 Å². The monoisotopic (exact) mass is 329 g/mol. The van der Waals surface area contributed by atoms with Gasteiger partial charge in [0.1, 0.15) is 11.8 Å². The van der Waals surface area contributed by atoms with Gasteiger partial charge in [-0.15, -0.1) is 4.91 Å². The number of benzene rings is 1. The molecule has 118 valence electrons. The molecule has 0 bridgehead atoms. The first kappa shape index (κ1) is 15.4. The third kappa shape index (κ3) is 2.66. The molecule has 3 heterocycles. The number of anilines is 2. The first-order chi connectivity index (χ1) is 11.3. The Balaban J connectivity index is 0.000000753. The normalized spacial score (nSPS) is 12.7. The van der Waals surface area contributed by atoms with E-state index in [4.69, 9.17) is 11.6 Å². The van der Waals surface area contributed by atoms with Crippen LogP contribution in [0, 0.1) is 4.91 Å². The van der Waals surface area contributed by atoms with Crippen LogP contribution in [-0.4, -0.2) is 21.5 Å². The number of aromatic amines is 1. The molecule has 2 aromatic heterocycles. The van der Waals surface area contributed by atoms with Gasteiger partial charge in [-0.1, -0.05) is 31.5 Å². The molecule has 23 heavy (non-hydrogen) atoms. The van der Waals surface area contributed by atoms with E-state index < -0.39 is 0 Å². The van der Waals surface area contributed by atoms with Gasteiger partial charge in [-0.05, 0) is 29.3 Å². The van der Waals surface area contributed by atoms with Crippen molar-refractivity contribution in [2.45, 2.75) is 20.3 Å². The van der Waals surface area contributed by atoms with E-state index in [0.717, 1.165) is 24.5 Å². The van der Waals surface area contributed by atoms with Crippen molar-refractivity contribution < 1.29 is 0 Å². The van der Waals surface area contributed by atoms with Crippen LogP contribution in [0.4, 0.5) is 17.3 Å². The molecule has 0 aliphatic carbocycles. The zero-order valence-electron chi connectivity index (χ0n) is 12.9. The summed E-state index contributed by atoms with van der Waals surface area (Å²) >= 11 is 6.10. The number of hydrogen-bond acceptors (Lipinski definition) is 5. The van der Waals surface area contributed by atoms with Crippen LogP contribution in [0.15, 0.2) is 35.8 Å². The maximum absolute atomic E-state index is 10.7. The molecule has 4 rings (SSSR count). The second-order valence-electron chi connectivity index (χ2n) is 4.88. The molecule has 0 amide bonds. The van der Waals surface area contributed by atoms with Crippen molar-refractivity contribution in [1.29, 1.82) is 0 Å². The lowest BCUT2D eigenvalue weighted by molar-refractivity contribution is 0.972. The van der Waals surface area contributed by atoms with E-state index in [1.54, 1.807) is 6.07 Å². The summed E-state index contributed by atoms with van der Waals surface area (Å²) in [4.78, 5) is 24.3. The van der Waals surface area contributed by atoms with Gasteiger partial charge in [-0.2, -0.15) is 0 Å². The number of rotatable bonds is 2. The molecule has 1 N–H and O–H groups in total. The highest BCUT2D eigenvalue weighted by atomic mass is 35.5. The number of fused-ring (bicyclic) bond motifs is 2. The van der Waals surface area contributed by atoms with Crippen LogP contribution in [0.3, 0.4) is 0 Å². The lowest BCUT2D eigenvalue weighted by Gasteiger charge is -2.18. The van der Waals surface area contributed by atoms with Gasteiger partial charge >= 0.3 is 0 Å². The average molecular weight is 330 g/mol. The largest absolute Gasteiger partial charge is 0.332 e. The van der Waals surface area contributed by atoms with Crippen LogP contribution < -0.4 is 4.90 Å². The van der Waals surface area contributed by atoms with Crippen LogP contribution in [0.25, 0.3) is 11.0 Å². The first-order valence-electron chi connectivity index (χ1n) is 7.49. The predicted octanol–water partition coefficient (Wildman–Crippen LogP) is 4.73. The van der Waals surface area contributed by atoms with Crippen molar-refractivity contribution in [2.24, 2.45) is 5.18 Å². The molecule has 1 aliphatic heterocycles. The van der Waals surface area contributed by atoms with Crippen molar-refractivity contribution in [3.05, 3.63) is 46.1 Å². The molecule has 0 unspecified atom stereocenters. The third-order valence-electron chi connectivity index (χ3n) is 3.68. The van der Waals surface area contributed by atoms with Gasteiger partial charge in [-0.25, -0.2) is 9.97 Å². The van der Waals surface area contributed by atoms with E-state index >= 15 is 0 Å². The molecule has 1 aliphatic rings. The van der Waals surface area contributed by atoms with E-state index in [2.05, 4.69) is 25.0 Å². The second kappa shape index (κ2) is 6.34. The Hall–Kier alpha value is -2.47. The zero-order chi connectivity index (χ0) is 16.4. The molecule has 0 spiro atoms. The lowest BCUT2D eigenvalue weighted by atomic mass is 10.2. The summed E-state index contributed by atoms with van der Waals surface area (Å²) in [5.74, 6) is 0.980. The molecule has 0 saturated carbocycles. The van der Waals surface area contributed by atoms with Gasteiger partial charge in [0.15, 0.2) is 11.6 Å². The lowest BCUT2D eigenvalue weighted by Crippen LogP contribution is -2.15. The Morgan fingerprint density at radius 1 is 1.26 bits per heavy atom. The second-order valence-corrected chi connectivity index (χ2v) is 5.31. The van der Waals surface area contributed by atoms with E-state index in [0.29, 0.717) is 16.1 Å². The number of halogens is 1. The molecule has 0 saturated heterocycles. The van der Waals surface area contributed by atoms with Crippen LogP contribution >= 0.6 is 11.6 Å². The number of hydrogen-bond donors (Lipinski definition) is 1. The van der Waals surface area contributed by atoms with Crippen molar-refractivity contribution in [1.82, 2.24) is 15.0 Å². The standard InChI is InChI=1S/C14H10ClN5O.C2H6/c15-9-2-1-8-3-4-20(11(8)5-9)14-13-10(16-7-17-14)6-12(18-13)19-21;1-2/h1-2,5-7,18H,3-4H2;1-2H3. The third-order valence-corrected chi connectivity index (χ3v) is 3.92. The topological polar surface area (TPSA) is 74.2 Å². The SMILES string of the molecule is CC.O=Nc1cc2ncnc(N3CCc4ccc(Cl)cc43)c2[nH]1. The Labute approximate surface area is 138 Å². The van der Waals surface area contributed by atoms with Gasteiger partial charge in [0, 0.05) is 23.3 Å². The minimum Gasteiger partial charge on any atom is -0.332 e. The minimum absolute atomic E-state index is 0.247. The molecule has 0 atom stereocenters. The Morgan fingerprint density at radius 2 is 2.09 bits per heavy atom. The molecule has 0 radical (unpaired) electrons. The van der Waals surface area contributed by atoms with Gasteiger partial charge in [-0.3, -0.25) is 0 Å². The van der Waals surface area contributed by atoms with Crippen molar-refractivity contribution >= 4 is 40.0 Å². The van der Waals surface area contributed by atoms with Gasteiger partial charge < -0.3 is 9.88 Å². The summed E-state index contributed by atoms with van der Waals surface area (Å²) < 4.78 is 0. The summed E-state index contributed by atoms with van der Waals surface area (Å²) in [6.45, 7) is 4.81. The fraction of sp³-hybridized carbons (Fsp3) is 0.250. The molecule has 1 aromatic carbocycles. The minimum atomic E-state index is 0.247. The van der Waals surface area contributed by atoms with Crippen molar-refractivity contribution in [3.63, 3.8) is 0 Å². The quantitative estimate of drug-likeness (QED) is 0.690. The molecular formula is C16H16ClN5O. The summed E-state index contributed by atoms with van der Waals surface area (Å²) in [6, 6.07) is 7.47. The van der Waals surface area contributed by atoms with E-state index in [9.17, 15) is 4.91 Å². The Morgan fingerprint density at radius 3 is 2.87 bits per heavy atom. The number of H-pyrrole nitrogens is 1. The summed E-state index contributed by atoms with van der Waals surface area (Å²) in [5, 5.41) is 3.61. The van der Waals surface area contributed by atoms with Crippen LogP contribution in [-0.2, 0) is 6.42 Å². The maximum Gasteiger partial charge on any atom is 0.177 e. The van der Waals surface area contributed by atoms with Crippen molar-refractivity contribution in [3.8, 4) is 0 Å². The fourth-order valence-electron chi connectivity index (χ4n) is 2.74. The summed E-state index contributed by atoms with van der Waals surface area (Å²) in [7, 11) is 0. The highest BCUT2D eigenvalue weighted by Crippen LogP contribution is 2.38. The summed E-state index contributed by atoms with van der Waals surface area (Å²) in [6.07, 6.45) is 2.42. The number of nitrogens with one attached hydrogen (secondary N) is 1. The van der Waals surface area contributed by atoms with Gasteiger partial charge in [0.05, 0.1) is 5.52 Å². The Kier molecular flexibility index (Phi) is 4.25.